The highest BCUT2D eigenvalue weighted by Crippen LogP contribution is 2.46. The lowest BCUT2D eigenvalue weighted by atomic mass is 9.72. The Kier molecular flexibility index (Phi) is 13.6. The number of urea groups is 1. The minimum Gasteiger partial charge on any atom is -0.380 e. The number of nitrogens with one attached hydrogen (secondary N) is 1. The molecule has 40 heavy (non-hydrogen) atoms. The molecule has 0 saturated carbocycles. The van der Waals surface area contributed by atoms with E-state index in [0.717, 1.165) is 37.1 Å². The number of ether oxygens (including phenoxy) is 2. The van der Waals surface area contributed by atoms with Gasteiger partial charge in [-0.05, 0) is 52.5 Å². The van der Waals surface area contributed by atoms with Gasteiger partial charge >= 0.3 is 6.03 Å². The molecule has 0 radical (unpaired) electrons. The van der Waals surface area contributed by atoms with Gasteiger partial charge in [0, 0.05) is 39.3 Å². The second kappa shape index (κ2) is 16.1. The number of carbonyl (C=O) groups is 3. The van der Waals surface area contributed by atoms with Crippen molar-refractivity contribution in [2.45, 2.75) is 92.5 Å². The van der Waals surface area contributed by atoms with E-state index < -0.39 is 17.7 Å². The minimum absolute atomic E-state index is 0.183. The molecule has 9 heteroatoms. The van der Waals surface area contributed by atoms with Crippen LogP contribution in [0.2, 0.25) is 0 Å². The van der Waals surface area contributed by atoms with E-state index in [2.05, 4.69) is 31.0 Å². The van der Waals surface area contributed by atoms with Crippen LogP contribution in [0.15, 0.2) is 24.3 Å². The van der Waals surface area contributed by atoms with Crippen molar-refractivity contribution in [3.05, 3.63) is 35.4 Å². The van der Waals surface area contributed by atoms with Gasteiger partial charge in [-0.2, -0.15) is 0 Å². The van der Waals surface area contributed by atoms with Crippen molar-refractivity contribution in [1.29, 1.82) is 0 Å². The Balaban J connectivity index is 2.06. The molecule has 1 saturated heterocycles. The third-order valence-corrected chi connectivity index (χ3v) is 8.16. The molecular formula is C31H52N4O5. The van der Waals surface area contributed by atoms with Crippen LogP contribution >= 0.6 is 0 Å². The summed E-state index contributed by atoms with van der Waals surface area (Å²) in [4.78, 5) is 44.8. The number of aryl methyl sites for hydroxylation is 1. The zero-order valence-electron chi connectivity index (χ0n) is 26.0. The Hall–Kier alpha value is -2.49. The normalized spacial score (nSPS) is 17.2. The minimum atomic E-state index is -0.811. The predicted molar refractivity (Wildman–Crippen MR) is 158 cm³/mol. The molecule has 4 amide bonds. The molecule has 0 spiro atoms. The number of carbonyl (C=O) groups excluding carboxylic acids is 3. The third kappa shape index (κ3) is 8.27. The number of likely N-dealkylation sites (N-methyl/N-ethyl adjacent to an activating group) is 1. The first kappa shape index (κ1) is 33.7. The molecular weight excluding hydrogens is 508 g/mol. The number of hydrogen-bond acceptors (Lipinski definition) is 6. The first-order valence-corrected chi connectivity index (χ1v) is 14.9. The van der Waals surface area contributed by atoms with E-state index >= 15 is 0 Å². The first-order valence-electron chi connectivity index (χ1n) is 14.9. The molecule has 2 rings (SSSR count). The number of benzene rings is 1. The summed E-state index contributed by atoms with van der Waals surface area (Å²) in [5.41, 5.74) is 1.33. The van der Waals surface area contributed by atoms with Crippen LogP contribution in [0.1, 0.15) is 84.4 Å². The molecule has 9 nitrogen and oxygen atoms in total. The van der Waals surface area contributed by atoms with E-state index in [9.17, 15) is 14.4 Å². The second-order valence-corrected chi connectivity index (χ2v) is 11.0. The number of rotatable bonds is 17. The Bertz CT molecular complexity index is 948. The molecule has 1 aromatic carbocycles. The fourth-order valence-electron chi connectivity index (χ4n) is 5.21. The quantitative estimate of drug-likeness (QED) is 0.219. The maximum Gasteiger partial charge on any atom is 0.326 e. The Morgan fingerprint density at radius 3 is 2.25 bits per heavy atom. The average molecular weight is 561 g/mol. The lowest BCUT2D eigenvalue weighted by Crippen LogP contribution is -2.72. The highest BCUT2D eigenvalue weighted by Gasteiger charge is 2.62. The number of amides is 4. The van der Waals surface area contributed by atoms with Crippen molar-refractivity contribution >= 4 is 17.8 Å². The summed E-state index contributed by atoms with van der Waals surface area (Å²) in [7, 11) is 1.76. The van der Waals surface area contributed by atoms with Crippen LogP contribution in [0.3, 0.4) is 0 Å². The molecule has 2 atom stereocenters. The molecule has 226 valence electrons. The van der Waals surface area contributed by atoms with Crippen LogP contribution in [-0.4, -0.2) is 91.3 Å². The van der Waals surface area contributed by atoms with Crippen molar-refractivity contribution in [2.75, 3.05) is 46.5 Å². The molecule has 1 aromatic rings. The Labute approximate surface area is 241 Å². The van der Waals surface area contributed by atoms with Gasteiger partial charge in [0.15, 0.2) is 6.23 Å². The summed E-state index contributed by atoms with van der Waals surface area (Å²) in [6.45, 7) is 17.4. The Morgan fingerprint density at radius 1 is 1.05 bits per heavy atom. The van der Waals surface area contributed by atoms with Gasteiger partial charge in [-0.25, -0.2) is 9.69 Å². The van der Waals surface area contributed by atoms with Gasteiger partial charge in [0.2, 0.25) is 11.8 Å². The molecule has 0 aromatic heterocycles. The van der Waals surface area contributed by atoms with Crippen LogP contribution in [0.5, 0.6) is 0 Å². The van der Waals surface area contributed by atoms with Gasteiger partial charge < -0.3 is 19.7 Å². The van der Waals surface area contributed by atoms with Crippen LogP contribution < -0.4 is 5.32 Å². The highest BCUT2D eigenvalue weighted by atomic mass is 16.5. The predicted octanol–water partition coefficient (Wildman–Crippen LogP) is 4.74. The summed E-state index contributed by atoms with van der Waals surface area (Å²) in [5.74, 6) is -0.431. The van der Waals surface area contributed by atoms with Gasteiger partial charge in [0.05, 0.1) is 18.1 Å². The van der Waals surface area contributed by atoms with Crippen molar-refractivity contribution < 1.29 is 23.9 Å². The Morgan fingerprint density at radius 2 is 1.70 bits per heavy atom. The van der Waals surface area contributed by atoms with E-state index in [1.165, 1.54) is 4.90 Å². The summed E-state index contributed by atoms with van der Waals surface area (Å²) < 4.78 is 11.6. The standard InChI is InChI=1S/C31H52N4O5/c1-9-13-26(25-16-14-24(7)15-17-25)32-30(38)35-28(37)31(10-2,11-3)29(35)40-22-27(36)33(8)18-19-34(23(5)6)20-21-39-12-4/h14-17,23,26,29H,9-13,18-22H2,1-8H3,(H,32,38)/t26-,29?/m1/s1. The molecule has 1 heterocycles. The van der Waals surface area contributed by atoms with Gasteiger partial charge in [-0.1, -0.05) is 57.0 Å². The van der Waals surface area contributed by atoms with Crippen molar-refractivity contribution in [3.8, 4) is 0 Å². The number of β-lactam (4-membered cyclic amide) rings is 1. The molecule has 1 fully saturated rings. The van der Waals surface area contributed by atoms with Gasteiger partial charge in [-0.3, -0.25) is 14.5 Å². The zero-order valence-corrected chi connectivity index (χ0v) is 26.0. The summed E-state index contributed by atoms with van der Waals surface area (Å²) >= 11 is 0. The second-order valence-electron chi connectivity index (χ2n) is 11.0. The molecule has 1 N–H and O–H groups in total. The fraction of sp³-hybridized carbons (Fsp3) is 0.710. The van der Waals surface area contributed by atoms with Crippen LogP contribution in [0.25, 0.3) is 0 Å². The SMILES string of the molecule is CCC[C@@H](NC(=O)N1C(=O)C(CC)(CC)C1OCC(=O)N(C)CCN(CCOCC)C(C)C)c1ccc(C)cc1. The van der Waals surface area contributed by atoms with E-state index in [4.69, 9.17) is 9.47 Å². The number of hydrogen-bond donors (Lipinski definition) is 1. The molecule has 1 unspecified atom stereocenters. The maximum absolute atomic E-state index is 13.4. The van der Waals surface area contributed by atoms with Gasteiger partial charge in [0.1, 0.15) is 6.61 Å². The average Bonchev–Trinajstić information content (AvgIpc) is 2.93. The van der Waals surface area contributed by atoms with E-state index in [0.29, 0.717) is 38.6 Å². The zero-order chi connectivity index (χ0) is 29.9. The van der Waals surface area contributed by atoms with Gasteiger partial charge in [0.25, 0.3) is 0 Å². The van der Waals surface area contributed by atoms with Gasteiger partial charge in [-0.15, -0.1) is 0 Å². The molecule has 1 aliphatic rings. The first-order chi connectivity index (χ1) is 19.1. The van der Waals surface area contributed by atoms with Crippen molar-refractivity contribution in [3.63, 3.8) is 0 Å². The van der Waals surface area contributed by atoms with Crippen molar-refractivity contribution in [2.24, 2.45) is 5.41 Å². The van der Waals surface area contributed by atoms with E-state index in [1.54, 1.807) is 11.9 Å². The number of nitrogens with zero attached hydrogens (tertiary/aromatic N) is 3. The molecule has 0 aliphatic carbocycles. The summed E-state index contributed by atoms with van der Waals surface area (Å²) in [6.07, 6.45) is 1.89. The molecule has 0 bridgehead atoms. The van der Waals surface area contributed by atoms with Crippen LogP contribution in [0, 0.1) is 12.3 Å². The summed E-state index contributed by atoms with van der Waals surface area (Å²) in [6, 6.07) is 7.70. The third-order valence-electron chi connectivity index (χ3n) is 8.16. The van der Waals surface area contributed by atoms with Crippen molar-refractivity contribution in [1.82, 2.24) is 20.0 Å². The van der Waals surface area contributed by atoms with Crippen LogP contribution in [0.4, 0.5) is 4.79 Å². The van der Waals surface area contributed by atoms with Crippen LogP contribution in [-0.2, 0) is 19.1 Å². The fourth-order valence-corrected chi connectivity index (χ4v) is 5.21. The van der Waals surface area contributed by atoms with E-state index in [-0.39, 0.29) is 24.5 Å². The lowest BCUT2D eigenvalue weighted by Gasteiger charge is -2.53. The molecule has 1 aliphatic heterocycles. The smallest absolute Gasteiger partial charge is 0.326 e. The number of likely N-dealkylation sites (tertiary alicyclic amines) is 1. The topological polar surface area (TPSA) is 91.4 Å². The van der Waals surface area contributed by atoms with E-state index in [1.807, 2.05) is 52.0 Å². The number of imide groups is 1. The monoisotopic (exact) mass is 560 g/mol. The maximum atomic E-state index is 13.4. The lowest BCUT2D eigenvalue weighted by molar-refractivity contribution is -0.211. The highest BCUT2D eigenvalue weighted by molar-refractivity contribution is 6.03. The largest absolute Gasteiger partial charge is 0.380 e. The summed E-state index contributed by atoms with van der Waals surface area (Å²) in [5, 5.41) is 3.05.